The molecule has 38 valence electrons. The fraction of sp³-hybridized carbons (Fsp3) is 0. The van der Waals surface area contributed by atoms with E-state index in [1.807, 2.05) is 0 Å². The molecule has 0 bridgehead atoms. The van der Waals surface area contributed by atoms with E-state index in [1.165, 1.54) is 22.8 Å². The van der Waals surface area contributed by atoms with Crippen LogP contribution in [-0.4, -0.2) is 0 Å². The molecule has 0 fully saturated rings. The van der Waals surface area contributed by atoms with Gasteiger partial charge in [-0.25, -0.2) is 4.39 Å². The van der Waals surface area contributed by atoms with Gasteiger partial charge in [0.2, 0.25) is 0 Å². The molecule has 0 atom stereocenters. The van der Waals surface area contributed by atoms with E-state index in [0.29, 0.717) is 0 Å². The zero-order valence-electron chi connectivity index (χ0n) is 3.39. The standard InChI is InChI=1S/C4H3FS2/c5-3-1-4(6)7-2-3/h1-2,6H. The summed E-state index contributed by atoms with van der Waals surface area (Å²) in [5, 5.41) is 1.42. The lowest BCUT2D eigenvalue weighted by Crippen LogP contribution is -1.51. The van der Waals surface area contributed by atoms with Crippen LogP contribution in [0.1, 0.15) is 0 Å². The molecule has 0 nitrogen and oxygen atoms in total. The molecule has 0 saturated heterocycles. The SMILES string of the molecule is Fc1csc(S)c1. The highest BCUT2D eigenvalue weighted by Crippen LogP contribution is 2.15. The average molecular weight is 134 g/mol. The van der Waals surface area contributed by atoms with E-state index in [0.717, 1.165) is 4.21 Å². The van der Waals surface area contributed by atoms with Crippen molar-refractivity contribution in [1.29, 1.82) is 0 Å². The number of hydrogen-bond acceptors (Lipinski definition) is 2. The third-order valence-corrected chi connectivity index (χ3v) is 1.70. The van der Waals surface area contributed by atoms with Crippen LogP contribution in [0.25, 0.3) is 0 Å². The molecule has 0 spiro atoms. The first-order valence-electron chi connectivity index (χ1n) is 1.72. The minimum absolute atomic E-state index is 0.199. The molecule has 0 aliphatic heterocycles. The van der Waals surface area contributed by atoms with Crippen molar-refractivity contribution in [3.63, 3.8) is 0 Å². The van der Waals surface area contributed by atoms with E-state index in [2.05, 4.69) is 12.6 Å². The lowest BCUT2D eigenvalue weighted by atomic mass is 10.6. The Labute approximate surface area is 50.4 Å². The molecule has 7 heavy (non-hydrogen) atoms. The van der Waals surface area contributed by atoms with E-state index in [4.69, 9.17) is 0 Å². The Morgan fingerprint density at radius 3 is 2.57 bits per heavy atom. The highest BCUT2D eigenvalue weighted by atomic mass is 32.2. The van der Waals surface area contributed by atoms with E-state index < -0.39 is 0 Å². The molecule has 0 N–H and O–H groups in total. The van der Waals surface area contributed by atoms with Crippen molar-refractivity contribution < 1.29 is 4.39 Å². The van der Waals surface area contributed by atoms with Crippen LogP contribution in [-0.2, 0) is 0 Å². The van der Waals surface area contributed by atoms with E-state index in [9.17, 15) is 4.39 Å². The van der Waals surface area contributed by atoms with Gasteiger partial charge in [-0.3, -0.25) is 0 Å². The molecule has 0 amide bonds. The summed E-state index contributed by atoms with van der Waals surface area (Å²) in [6.07, 6.45) is 0. The maximum absolute atomic E-state index is 11.9. The maximum Gasteiger partial charge on any atom is 0.135 e. The Kier molecular flexibility index (Phi) is 1.35. The molecule has 0 radical (unpaired) electrons. The molecule has 0 aromatic carbocycles. The van der Waals surface area contributed by atoms with E-state index in [-0.39, 0.29) is 5.82 Å². The number of halogens is 1. The van der Waals surface area contributed by atoms with Crippen LogP contribution < -0.4 is 0 Å². The minimum Gasteiger partial charge on any atom is -0.206 e. The van der Waals surface area contributed by atoms with Crippen LogP contribution in [0.4, 0.5) is 4.39 Å². The smallest absolute Gasteiger partial charge is 0.135 e. The Hall–Kier alpha value is -0.0200. The van der Waals surface area contributed by atoms with Gasteiger partial charge < -0.3 is 0 Å². The quantitative estimate of drug-likeness (QED) is 0.516. The van der Waals surface area contributed by atoms with Crippen molar-refractivity contribution in [3.05, 3.63) is 17.3 Å². The third kappa shape index (κ3) is 1.17. The highest BCUT2D eigenvalue weighted by Gasteiger charge is 1.89. The predicted octanol–water partition coefficient (Wildman–Crippen LogP) is 2.18. The summed E-state index contributed by atoms with van der Waals surface area (Å²) < 4.78 is 12.6. The minimum atomic E-state index is -0.199. The van der Waals surface area contributed by atoms with Gasteiger partial charge in [-0.15, -0.1) is 24.0 Å². The normalized spacial score (nSPS) is 9.43. The van der Waals surface area contributed by atoms with Gasteiger partial charge in [-0.2, -0.15) is 0 Å². The summed E-state index contributed by atoms with van der Waals surface area (Å²) in [7, 11) is 0. The zero-order chi connectivity index (χ0) is 5.28. The zero-order valence-corrected chi connectivity index (χ0v) is 5.10. The van der Waals surface area contributed by atoms with Gasteiger partial charge in [0.25, 0.3) is 0 Å². The first-order chi connectivity index (χ1) is 3.29. The van der Waals surface area contributed by atoms with Gasteiger partial charge >= 0.3 is 0 Å². The molecule has 0 aliphatic rings. The van der Waals surface area contributed by atoms with Gasteiger partial charge in [-0.1, -0.05) is 0 Å². The molecule has 0 saturated carbocycles. The van der Waals surface area contributed by atoms with Crippen molar-refractivity contribution in [2.24, 2.45) is 0 Å². The van der Waals surface area contributed by atoms with Crippen molar-refractivity contribution in [2.45, 2.75) is 4.21 Å². The Morgan fingerprint density at radius 1 is 1.71 bits per heavy atom. The number of rotatable bonds is 0. The molecule has 1 aromatic heterocycles. The summed E-state index contributed by atoms with van der Waals surface area (Å²) in [6, 6.07) is 1.38. The van der Waals surface area contributed by atoms with Gasteiger partial charge in [0.05, 0.1) is 4.21 Å². The van der Waals surface area contributed by atoms with Crippen molar-refractivity contribution in [1.82, 2.24) is 0 Å². The first-order valence-corrected chi connectivity index (χ1v) is 3.05. The molecule has 1 aromatic rings. The Bertz CT molecular complexity index is 142. The Balaban J connectivity index is 3.04. The van der Waals surface area contributed by atoms with Gasteiger partial charge in [0.15, 0.2) is 0 Å². The van der Waals surface area contributed by atoms with Crippen LogP contribution >= 0.6 is 24.0 Å². The van der Waals surface area contributed by atoms with Gasteiger partial charge in [0.1, 0.15) is 5.82 Å². The van der Waals surface area contributed by atoms with Gasteiger partial charge in [-0.05, 0) is 6.07 Å². The summed E-state index contributed by atoms with van der Waals surface area (Å²) in [5.41, 5.74) is 0. The monoisotopic (exact) mass is 134 g/mol. The maximum atomic E-state index is 11.9. The van der Waals surface area contributed by atoms with Crippen molar-refractivity contribution >= 4 is 24.0 Å². The molecular weight excluding hydrogens is 131 g/mol. The first kappa shape index (κ1) is 5.12. The topological polar surface area (TPSA) is 0 Å². The second-order valence-corrected chi connectivity index (χ2v) is 2.80. The summed E-state index contributed by atoms with van der Waals surface area (Å²) >= 11 is 5.18. The van der Waals surface area contributed by atoms with E-state index in [1.54, 1.807) is 0 Å². The second kappa shape index (κ2) is 1.84. The highest BCUT2D eigenvalue weighted by molar-refractivity contribution is 7.82. The third-order valence-electron chi connectivity index (χ3n) is 0.554. The van der Waals surface area contributed by atoms with Crippen LogP contribution in [0.2, 0.25) is 0 Å². The molecular formula is C4H3FS2. The van der Waals surface area contributed by atoms with Crippen LogP contribution in [0, 0.1) is 5.82 Å². The number of thiol groups is 1. The van der Waals surface area contributed by atoms with Crippen LogP contribution in [0.15, 0.2) is 15.7 Å². The summed E-state index contributed by atoms with van der Waals surface area (Å²) in [5.74, 6) is -0.199. The van der Waals surface area contributed by atoms with Gasteiger partial charge in [0, 0.05) is 5.38 Å². The predicted molar refractivity (Wildman–Crippen MR) is 31.5 cm³/mol. The fourth-order valence-corrected chi connectivity index (χ4v) is 1.07. The van der Waals surface area contributed by atoms with Crippen molar-refractivity contribution in [3.8, 4) is 0 Å². The molecule has 0 aliphatic carbocycles. The van der Waals surface area contributed by atoms with Crippen LogP contribution in [0.5, 0.6) is 0 Å². The molecule has 1 heterocycles. The average Bonchev–Trinajstić information content (AvgIpc) is 1.87. The lowest BCUT2D eigenvalue weighted by molar-refractivity contribution is 0.631. The molecule has 0 unspecified atom stereocenters. The molecule has 3 heteroatoms. The number of thiophene rings is 1. The number of hydrogen-bond donors (Lipinski definition) is 1. The molecule has 1 rings (SSSR count). The Morgan fingerprint density at radius 2 is 2.43 bits per heavy atom. The summed E-state index contributed by atoms with van der Waals surface area (Å²) in [4.78, 5) is 0. The fourth-order valence-electron chi connectivity index (χ4n) is 0.303. The second-order valence-electron chi connectivity index (χ2n) is 1.10. The van der Waals surface area contributed by atoms with Crippen molar-refractivity contribution in [2.75, 3.05) is 0 Å². The van der Waals surface area contributed by atoms with Crippen LogP contribution in [0.3, 0.4) is 0 Å². The summed E-state index contributed by atoms with van der Waals surface area (Å²) in [6.45, 7) is 0. The lowest BCUT2D eigenvalue weighted by Gasteiger charge is -1.66. The largest absolute Gasteiger partial charge is 0.206 e. The van der Waals surface area contributed by atoms with E-state index >= 15 is 0 Å².